The summed E-state index contributed by atoms with van der Waals surface area (Å²) in [6, 6.07) is 0. The fourth-order valence-corrected chi connectivity index (χ4v) is 0.817. The third-order valence-corrected chi connectivity index (χ3v) is 1.41. The first-order valence-corrected chi connectivity index (χ1v) is 4.16. The second-order valence-corrected chi connectivity index (χ2v) is 2.41. The van der Waals surface area contributed by atoms with Crippen molar-refractivity contribution in [1.29, 1.82) is 0 Å². The predicted molar refractivity (Wildman–Crippen MR) is 52.3 cm³/mol. The van der Waals surface area contributed by atoms with Gasteiger partial charge < -0.3 is 23.9 Å². The van der Waals surface area contributed by atoms with Crippen LogP contribution in [0.15, 0.2) is 0 Å². The van der Waals surface area contributed by atoms with Gasteiger partial charge in [0.25, 0.3) is 0 Å². The van der Waals surface area contributed by atoms with Crippen molar-refractivity contribution >= 4 is 23.1 Å². The van der Waals surface area contributed by atoms with Crippen molar-refractivity contribution in [3.8, 4) is 11.8 Å². The Morgan fingerprint density at radius 2 is 1.75 bits per heavy atom. The molecule has 0 atom stereocenters. The molecule has 0 aromatic heterocycles. The molecule has 12 heavy (non-hydrogen) atoms. The van der Waals surface area contributed by atoms with Crippen molar-refractivity contribution in [1.82, 2.24) is 0 Å². The van der Waals surface area contributed by atoms with Gasteiger partial charge >= 0.3 is 23.1 Å². The summed E-state index contributed by atoms with van der Waals surface area (Å²) in [6.45, 7) is 5.87. The summed E-state index contributed by atoms with van der Waals surface area (Å²) in [5, 5.41) is 0. The van der Waals surface area contributed by atoms with Gasteiger partial charge in [-0.05, 0) is 6.42 Å². The Bertz CT molecular complexity index is 113. The van der Waals surface area contributed by atoms with Crippen LogP contribution >= 0.6 is 0 Å². The maximum absolute atomic E-state index is 3.65. The van der Waals surface area contributed by atoms with Crippen LogP contribution < -0.4 is 17.0 Å². The quantitative estimate of drug-likeness (QED) is 0.277. The van der Waals surface area contributed by atoms with Crippen LogP contribution in [0.2, 0.25) is 0 Å². The van der Waals surface area contributed by atoms with Crippen LogP contribution in [0, 0.1) is 18.8 Å². The maximum Gasteiger partial charge on any atom is 2.00 e. The minimum atomic E-state index is 0. The van der Waals surface area contributed by atoms with E-state index in [1.54, 1.807) is 0 Å². The summed E-state index contributed by atoms with van der Waals surface area (Å²) in [5.41, 5.74) is 0. The molecule has 2 heteroatoms. The maximum atomic E-state index is 3.65. The van der Waals surface area contributed by atoms with E-state index in [0.717, 1.165) is 12.8 Å². The van der Waals surface area contributed by atoms with Crippen LogP contribution in [0.25, 0.3) is 0 Å². The Morgan fingerprint density at radius 3 is 2.25 bits per heavy atom. The number of rotatable bonds is 4. The van der Waals surface area contributed by atoms with E-state index in [1.165, 1.54) is 25.7 Å². The van der Waals surface area contributed by atoms with Gasteiger partial charge in [0, 0.05) is 6.42 Å². The average Bonchev–Trinajstić information content (AvgIpc) is 1.97. The van der Waals surface area contributed by atoms with E-state index < -0.39 is 0 Å². The summed E-state index contributed by atoms with van der Waals surface area (Å²) < 4.78 is 0. The molecular weight excluding hydrogens is 224 g/mol. The Kier molecular flexibility index (Phi) is 27.5. The molecule has 0 saturated heterocycles. The Balaban J connectivity index is -0.000000405. The van der Waals surface area contributed by atoms with Crippen LogP contribution in [0.4, 0.5) is 0 Å². The molecule has 0 rings (SSSR count). The summed E-state index contributed by atoms with van der Waals surface area (Å²) in [4.78, 5) is 0. The van der Waals surface area contributed by atoms with Gasteiger partial charge in [-0.15, -0.1) is 18.3 Å². The minimum Gasteiger partial charge on any atom is -1.00 e. The van der Waals surface area contributed by atoms with Crippen molar-refractivity contribution in [3.05, 3.63) is 6.92 Å². The number of unbranched alkanes of at least 4 members (excludes halogenated alkanes) is 4. The summed E-state index contributed by atoms with van der Waals surface area (Å²) in [5.74, 6) is 6.05. The molecule has 0 amide bonds. The molecule has 0 aliphatic rings. The minimum absolute atomic E-state index is 0. The van der Waals surface area contributed by atoms with Gasteiger partial charge in [0.2, 0.25) is 0 Å². The molecule has 0 fully saturated rings. The Hall–Kier alpha value is 0.806. The molecule has 0 heterocycles. The molecule has 0 saturated carbocycles. The van der Waals surface area contributed by atoms with E-state index in [0.29, 0.717) is 0 Å². The topological polar surface area (TPSA) is 0 Å². The molecular formula is C10H17BrMg. The third-order valence-electron chi connectivity index (χ3n) is 1.41. The first-order chi connectivity index (χ1) is 4.91. The van der Waals surface area contributed by atoms with Crippen LogP contribution in [-0.2, 0) is 0 Å². The molecule has 0 aliphatic carbocycles. The molecule has 0 unspecified atom stereocenters. The van der Waals surface area contributed by atoms with E-state index in [1.807, 2.05) is 0 Å². The number of hydrogen-bond acceptors (Lipinski definition) is 0. The molecule has 0 aliphatic heterocycles. The summed E-state index contributed by atoms with van der Waals surface area (Å²) >= 11 is 0. The zero-order chi connectivity index (χ0) is 7.66. The van der Waals surface area contributed by atoms with Crippen molar-refractivity contribution in [2.75, 3.05) is 0 Å². The van der Waals surface area contributed by atoms with Gasteiger partial charge in [-0.2, -0.15) is 0 Å². The van der Waals surface area contributed by atoms with Crippen molar-refractivity contribution in [3.63, 3.8) is 0 Å². The van der Waals surface area contributed by atoms with E-state index in [2.05, 4.69) is 25.7 Å². The van der Waals surface area contributed by atoms with Gasteiger partial charge in [-0.3, -0.25) is 0 Å². The van der Waals surface area contributed by atoms with Crippen LogP contribution in [0.3, 0.4) is 0 Å². The van der Waals surface area contributed by atoms with Crippen molar-refractivity contribution < 1.29 is 17.0 Å². The smallest absolute Gasteiger partial charge is 1.00 e. The van der Waals surface area contributed by atoms with E-state index in [9.17, 15) is 0 Å². The number of halogens is 1. The monoisotopic (exact) mass is 240 g/mol. The van der Waals surface area contributed by atoms with Gasteiger partial charge in [0.05, 0.1) is 0 Å². The predicted octanol–water partition coefficient (Wildman–Crippen LogP) is -0.192. The fourth-order valence-electron chi connectivity index (χ4n) is 0.817. The molecule has 0 aromatic carbocycles. The standard InChI is InChI=1S/C10H17.BrH.Mg/c1-3-5-7-9-10-8-6-4-2;;/h1,3-4,6,8-10H2,2H3;1H;/q-1;;+2/p-1. The van der Waals surface area contributed by atoms with Crippen molar-refractivity contribution in [2.24, 2.45) is 0 Å². The molecule has 0 radical (unpaired) electrons. The van der Waals surface area contributed by atoms with Crippen LogP contribution in [0.5, 0.6) is 0 Å². The molecule has 0 spiro atoms. The van der Waals surface area contributed by atoms with Crippen molar-refractivity contribution in [2.45, 2.75) is 45.4 Å². The fraction of sp³-hybridized carbons (Fsp3) is 0.700. The second kappa shape index (κ2) is 17.8. The zero-order valence-corrected chi connectivity index (χ0v) is 11.0. The van der Waals surface area contributed by atoms with E-state index >= 15 is 0 Å². The van der Waals surface area contributed by atoms with Gasteiger partial charge in [0.15, 0.2) is 0 Å². The second-order valence-electron chi connectivity index (χ2n) is 2.41. The number of hydrogen-bond donors (Lipinski definition) is 0. The Labute approximate surface area is 104 Å². The summed E-state index contributed by atoms with van der Waals surface area (Å²) in [7, 11) is 0. The van der Waals surface area contributed by atoms with Gasteiger partial charge in [-0.25, -0.2) is 0 Å². The first kappa shape index (κ1) is 18.6. The Morgan fingerprint density at radius 1 is 1.08 bits per heavy atom. The zero-order valence-electron chi connectivity index (χ0n) is 8.03. The average molecular weight is 241 g/mol. The van der Waals surface area contributed by atoms with E-state index in [4.69, 9.17) is 0 Å². The van der Waals surface area contributed by atoms with Crippen LogP contribution in [0.1, 0.15) is 45.4 Å². The summed E-state index contributed by atoms with van der Waals surface area (Å²) in [6.07, 6.45) is 7.08. The van der Waals surface area contributed by atoms with Crippen LogP contribution in [-0.4, -0.2) is 23.1 Å². The molecule has 66 valence electrons. The van der Waals surface area contributed by atoms with E-state index in [-0.39, 0.29) is 40.0 Å². The SMILES string of the molecule is [Br-].[CH2-]CC#CCCCCCC.[Mg+2]. The molecule has 0 aromatic rings. The normalized spacial score (nSPS) is 7.17. The molecule has 0 N–H and O–H groups in total. The van der Waals surface area contributed by atoms with Gasteiger partial charge in [-0.1, -0.05) is 26.2 Å². The largest absolute Gasteiger partial charge is 2.00 e. The molecule has 0 nitrogen and oxygen atoms in total. The third kappa shape index (κ3) is 17.1. The van der Waals surface area contributed by atoms with Gasteiger partial charge in [0.1, 0.15) is 0 Å². The first-order valence-electron chi connectivity index (χ1n) is 4.16. The molecule has 0 bridgehead atoms.